The molecule has 0 bridgehead atoms. The van der Waals surface area contributed by atoms with E-state index in [1.165, 1.54) is 5.56 Å². The van der Waals surface area contributed by atoms with Gasteiger partial charge in [0, 0.05) is 24.8 Å². The van der Waals surface area contributed by atoms with E-state index in [2.05, 4.69) is 22.2 Å². The van der Waals surface area contributed by atoms with E-state index in [-0.39, 0.29) is 5.84 Å². The van der Waals surface area contributed by atoms with Crippen LogP contribution in [-0.2, 0) is 6.54 Å². The summed E-state index contributed by atoms with van der Waals surface area (Å²) in [5.74, 6) is 0.00672. The Labute approximate surface area is 123 Å². The molecule has 3 N–H and O–H groups in total. The fourth-order valence-electron chi connectivity index (χ4n) is 1.95. The van der Waals surface area contributed by atoms with Gasteiger partial charge in [-0.15, -0.1) is 0 Å². The highest BCUT2D eigenvalue weighted by atomic mass is 35.5. The summed E-state index contributed by atoms with van der Waals surface area (Å²) in [5.41, 5.74) is 8.25. The van der Waals surface area contributed by atoms with Crippen LogP contribution in [-0.4, -0.2) is 18.1 Å². The van der Waals surface area contributed by atoms with E-state index < -0.39 is 0 Å². The lowest BCUT2D eigenvalue weighted by atomic mass is 10.1. The molecular formula is C15H16ClN3O. The molecule has 2 rings (SSSR count). The molecule has 5 heteroatoms. The molecule has 0 spiro atoms. The summed E-state index contributed by atoms with van der Waals surface area (Å²) < 4.78 is 0. The summed E-state index contributed by atoms with van der Waals surface area (Å²) >= 11 is 6.15. The lowest BCUT2D eigenvalue weighted by Gasteiger charge is -2.20. The van der Waals surface area contributed by atoms with Crippen LogP contribution >= 0.6 is 11.6 Å². The smallest absolute Gasteiger partial charge is 0.171 e. The minimum Gasteiger partial charge on any atom is -0.409 e. The summed E-state index contributed by atoms with van der Waals surface area (Å²) in [7, 11) is 1.99. The SMILES string of the molecule is CN(Cc1ccccc1)c1ccc(C(N)=NO)c(Cl)c1. The Balaban J connectivity index is 2.19. The average Bonchev–Trinajstić information content (AvgIpc) is 2.47. The fourth-order valence-corrected chi connectivity index (χ4v) is 2.22. The van der Waals surface area contributed by atoms with Crippen molar-refractivity contribution in [2.24, 2.45) is 10.9 Å². The van der Waals surface area contributed by atoms with Gasteiger partial charge in [-0.25, -0.2) is 0 Å². The van der Waals surface area contributed by atoms with E-state index in [0.29, 0.717) is 10.6 Å². The molecule has 0 aliphatic heterocycles. The van der Waals surface area contributed by atoms with E-state index in [9.17, 15) is 0 Å². The molecule has 0 aromatic heterocycles. The van der Waals surface area contributed by atoms with Crippen molar-refractivity contribution in [1.82, 2.24) is 0 Å². The highest BCUT2D eigenvalue weighted by Crippen LogP contribution is 2.24. The lowest BCUT2D eigenvalue weighted by Crippen LogP contribution is -2.17. The number of hydrogen-bond acceptors (Lipinski definition) is 3. The number of amidine groups is 1. The number of rotatable bonds is 4. The predicted octanol–water partition coefficient (Wildman–Crippen LogP) is 3.07. The molecule has 0 amide bonds. The first-order valence-electron chi connectivity index (χ1n) is 6.14. The number of benzene rings is 2. The first-order chi connectivity index (χ1) is 9.61. The molecule has 0 unspecified atom stereocenters. The van der Waals surface area contributed by atoms with Gasteiger partial charge in [0.15, 0.2) is 5.84 Å². The van der Waals surface area contributed by atoms with Gasteiger partial charge < -0.3 is 15.8 Å². The molecule has 0 saturated carbocycles. The summed E-state index contributed by atoms with van der Waals surface area (Å²) in [5, 5.41) is 12.1. The molecule has 0 aliphatic rings. The molecule has 0 fully saturated rings. The van der Waals surface area contributed by atoms with Crippen molar-refractivity contribution >= 4 is 23.1 Å². The molecule has 2 aromatic carbocycles. The van der Waals surface area contributed by atoms with Gasteiger partial charge in [0.25, 0.3) is 0 Å². The van der Waals surface area contributed by atoms with Crippen LogP contribution in [0.4, 0.5) is 5.69 Å². The second kappa shape index (κ2) is 6.30. The maximum Gasteiger partial charge on any atom is 0.171 e. The second-order valence-corrected chi connectivity index (χ2v) is 4.90. The van der Waals surface area contributed by atoms with Crippen molar-refractivity contribution in [1.29, 1.82) is 0 Å². The fraction of sp³-hybridized carbons (Fsp3) is 0.133. The molecule has 0 aliphatic carbocycles. The average molecular weight is 290 g/mol. The zero-order chi connectivity index (χ0) is 14.5. The van der Waals surface area contributed by atoms with Gasteiger partial charge in [-0.3, -0.25) is 0 Å². The highest BCUT2D eigenvalue weighted by molar-refractivity contribution is 6.34. The Kier molecular flexibility index (Phi) is 4.48. The zero-order valence-electron chi connectivity index (χ0n) is 11.1. The van der Waals surface area contributed by atoms with Crippen LogP contribution in [0.25, 0.3) is 0 Å². The first-order valence-corrected chi connectivity index (χ1v) is 6.52. The van der Waals surface area contributed by atoms with Gasteiger partial charge in [-0.2, -0.15) is 0 Å². The molecule has 0 atom stereocenters. The van der Waals surface area contributed by atoms with Crippen molar-refractivity contribution < 1.29 is 5.21 Å². The Morgan fingerprint density at radius 1 is 1.25 bits per heavy atom. The van der Waals surface area contributed by atoms with Gasteiger partial charge in [-0.1, -0.05) is 47.1 Å². The third-order valence-electron chi connectivity index (χ3n) is 3.04. The van der Waals surface area contributed by atoms with E-state index in [0.717, 1.165) is 12.2 Å². The molecule has 0 heterocycles. The summed E-state index contributed by atoms with van der Waals surface area (Å²) in [4.78, 5) is 2.08. The Hall–Kier alpha value is -2.20. The summed E-state index contributed by atoms with van der Waals surface area (Å²) in [6.07, 6.45) is 0. The number of nitrogens with zero attached hydrogens (tertiary/aromatic N) is 2. The van der Waals surface area contributed by atoms with Gasteiger partial charge in [0.2, 0.25) is 0 Å². The molecule has 2 aromatic rings. The molecule has 104 valence electrons. The number of halogens is 1. The minimum absolute atomic E-state index is 0.00672. The van der Waals surface area contributed by atoms with E-state index in [4.69, 9.17) is 22.5 Å². The molecular weight excluding hydrogens is 274 g/mol. The van der Waals surface area contributed by atoms with Gasteiger partial charge in [-0.05, 0) is 23.8 Å². The van der Waals surface area contributed by atoms with Crippen molar-refractivity contribution in [3.8, 4) is 0 Å². The Morgan fingerprint density at radius 3 is 2.55 bits per heavy atom. The number of hydrogen-bond donors (Lipinski definition) is 2. The monoisotopic (exact) mass is 289 g/mol. The third kappa shape index (κ3) is 3.22. The highest BCUT2D eigenvalue weighted by Gasteiger charge is 2.09. The number of anilines is 1. The molecule has 0 saturated heterocycles. The van der Waals surface area contributed by atoms with Crippen LogP contribution in [0.15, 0.2) is 53.7 Å². The van der Waals surface area contributed by atoms with Crippen molar-refractivity contribution in [2.45, 2.75) is 6.54 Å². The topological polar surface area (TPSA) is 61.8 Å². The first kappa shape index (κ1) is 14.2. The maximum absolute atomic E-state index is 8.68. The number of nitrogens with two attached hydrogens (primary N) is 1. The van der Waals surface area contributed by atoms with Crippen molar-refractivity contribution in [3.63, 3.8) is 0 Å². The minimum atomic E-state index is 0.00672. The van der Waals surface area contributed by atoms with Crippen LogP contribution in [0.2, 0.25) is 5.02 Å². The van der Waals surface area contributed by atoms with Crippen molar-refractivity contribution in [2.75, 3.05) is 11.9 Å². The Morgan fingerprint density at radius 2 is 1.95 bits per heavy atom. The number of oxime groups is 1. The summed E-state index contributed by atoms with van der Waals surface area (Å²) in [6.45, 7) is 0.778. The van der Waals surface area contributed by atoms with Crippen LogP contribution in [0.5, 0.6) is 0 Å². The summed E-state index contributed by atoms with van der Waals surface area (Å²) in [6, 6.07) is 15.6. The van der Waals surface area contributed by atoms with E-state index in [1.807, 2.05) is 31.3 Å². The second-order valence-electron chi connectivity index (χ2n) is 4.49. The van der Waals surface area contributed by atoms with Crippen LogP contribution < -0.4 is 10.6 Å². The largest absolute Gasteiger partial charge is 0.409 e. The predicted molar refractivity (Wildman–Crippen MR) is 82.5 cm³/mol. The zero-order valence-corrected chi connectivity index (χ0v) is 11.9. The Bertz CT molecular complexity index is 614. The van der Waals surface area contributed by atoms with E-state index >= 15 is 0 Å². The molecule has 0 radical (unpaired) electrons. The molecule has 20 heavy (non-hydrogen) atoms. The quantitative estimate of drug-likeness (QED) is 0.393. The van der Waals surface area contributed by atoms with Crippen LogP contribution in [0, 0.1) is 0 Å². The van der Waals surface area contributed by atoms with Gasteiger partial charge in [0.05, 0.1) is 5.02 Å². The van der Waals surface area contributed by atoms with Gasteiger partial charge >= 0.3 is 0 Å². The normalized spacial score (nSPS) is 11.4. The van der Waals surface area contributed by atoms with E-state index in [1.54, 1.807) is 12.1 Å². The lowest BCUT2D eigenvalue weighted by molar-refractivity contribution is 0.318. The van der Waals surface area contributed by atoms with Crippen molar-refractivity contribution in [3.05, 3.63) is 64.7 Å². The van der Waals surface area contributed by atoms with Crippen LogP contribution in [0.3, 0.4) is 0 Å². The van der Waals surface area contributed by atoms with Crippen LogP contribution in [0.1, 0.15) is 11.1 Å². The maximum atomic E-state index is 8.68. The third-order valence-corrected chi connectivity index (χ3v) is 3.35. The van der Waals surface area contributed by atoms with Gasteiger partial charge in [0.1, 0.15) is 0 Å². The molecule has 4 nitrogen and oxygen atoms in total. The standard InChI is InChI=1S/C15H16ClN3O/c1-19(10-11-5-3-2-4-6-11)12-7-8-13(14(16)9-12)15(17)18-20/h2-9,20H,10H2,1H3,(H2,17,18).